The molecule has 0 spiro atoms. The number of sulfone groups is 1. The van der Waals surface area contributed by atoms with Gasteiger partial charge in [0.15, 0.2) is 9.84 Å². The number of anilines is 2. The highest BCUT2D eigenvalue weighted by Crippen LogP contribution is 2.38. The van der Waals surface area contributed by atoms with Crippen molar-refractivity contribution in [1.82, 2.24) is 15.1 Å². The van der Waals surface area contributed by atoms with Crippen molar-refractivity contribution in [2.75, 3.05) is 5.32 Å². The SMILES string of the molecule is CC(C)NC(=O)O[C@H]1CC[C@@H](c2cc(Nc3ccc4c(c3)CS(=O)(=O)C4)n(C(C)(C)C)n2)C1. The first kappa shape index (κ1) is 23.6. The first-order valence-corrected chi connectivity index (χ1v) is 13.4. The van der Waals surface area contributed by atoms with Crippen molar-refractivity contribution in [3.05, 3.63) is 41.1 Å². The molecule has 2 heterocycles. The van der Waals surface area contributed by atoms with Crippen LogP contribution in [0.5, 0.6) is 0 Å². The second-order valence-corrected chi connectivity index (χ2v) is 12.6. The van der Waals surface area contributed by atoms with Crippen molar-refractivity contribution < 1.29 is 17.9 Å². The van der Waals surface area contributed by atoms with Gasteiger partial charge in [0.2, 0.25) is 0 Å². The van der Waals surface area contributed by atoms with Crippen molar-refractivity contribution in [3.63, 3.8) is 0 Å². The molecule has 0 unspecified atom stereocenters. The Labute approximate surface area is 196 Å². The van der Waals surface area contributed by atoms with Gasteiger partial charge >= 0.3 is 6.09 Å². The van der Waals surface area contributed by atoms with Crippen LogP contribution in [-0.2, 0) is 31.6 Å². The van der Waals surface area contributed by atoms with Gasteiger partial charge in [-0.1, -0.05) is 6.07 Å². The smallest absolute Gasteiger partial charge is 0.407 e. The average Bonchev–Trinajstić information content (AvgIpc) is 3.36. The molecule has 2 aliphatic rings. The fourth-order valence-corrected chi connectivity index (χ4v) is 6.19. The number of hydrogen-bond donors (Lipinski definition) is 2. The summed E-state index contributed by atoms with van der Waals surface area (Å²) in [6.07, 6.45) is 2.01. The molecule has 8 nitrogen and oxygen atoms in total. The van der Waals surface area contributed by atoms with Crippen LogP contribution in [-0.4, -0.2) is 36.4 Å². The monoisotopic (exact) mass is 474 g/mol. The van der Waals surface area contributed by atoms with Gasteiger partial charge in [-0.05, 0) is 77.1 Å². The molecule has 0 saturated heterocycles. The van der Waals surface area contributed by atoms with Gasteiger partial charge in [-0.2, -0.15) is 5.10 Å². The lowest BCUT2D eigenvalue weighted by Gasteiger charge is -2.23. The molecular formula is C24H34N4O4S. The van der Waals surface area contributed by atoms with E-state index < -0.39 is 9.84 Å². The van der Waals surface area contributed by atoms with E-state index in [1.165, 1.54) is 0 Å². The predicted octanol–water partition coefficient (Wildman–Crippen LogP) is 4.58. The zero-order valence-corrected chi connectivity index (χ0v) is 20.8. The summed E-state index contributed by atoms with van der Waals surface area (Å²) in [5, 5.41) is 11.2. The van der Waals surface area contributed by atoms with E-state index in [9.17, 15) is 13.2 Å². The van der Waals surface area contributed by atoms with Crippen LogP contribution < -0.4 is 10.6 Å². The van der Waals surface area contributed by atoms with Gasteiger partial charge < -0.3 is 15.4 Å². The normalized spacial score (nSPS) is 21.8. The Morgan fingerprint density at radius 2 is 1.88 bits per heavy atom. The number of rotatable bonds is 5. The number of fused-ring (bicyclic) bond motifs is 1. The van der Waals surface area contributed by atoms with Crippen LogP contribution in [0.4, 0.5) is 16.3 Å². The predicted molar refractivity (Wildman–Crippen MR) is 128 cm³/mol. The largest absolute Gasteiger partial charge is 0.446 e. The van der Waals surface area contributed by atoms with Crippen LogP contribution in [0, 0.1) is 0 Å². The lowest BCUT2D eigenvalue weighted by molar-refractivity contribution is 0.0981. The highest BCUT2D eigenvalue weighted by molar-refractivity contribution is 7.90. The minimum atomic E-state index is -3.04. The number of nitrogens with zero attached hydrogens (tertiary/aromatic N) is 2. The number of amides is 1. The average molecular weight is 475 g/mol. The topological polar surface area (TPSA) is 102 Å². The second-order valence-electron chi connectivity index (χ2n) is 10.5. The van der Waals surface area contributed by atoms with Crippen molar-refractivity contribution in [1.29, 1.82) is 0 Å². The maximum atomic E-state index is 12.0. The Hall–Kier alpha value is -2.55. The van der Waals surface area contributed by atoms with E-state index >= 15 is 0 Å². The Bertz CT molecular complexity index is 1150. The molecule has 0 bridgehead atoms. The maximum Gasteiger partial charge on any atom is 0.407 e. The molecule has 9 heteroatoms. The van der Waals surface area contributed by atoms with E-state index in [4.69, 9.17) is 9.84 Å². The number of carbonyl (C=O) groups excluding carboxylic acids is 1. The summed E-state index contributed by atoms with van der Waals surface area (Å²) in [4.78, 5) is 12.0. The highest BCUT2D eigenvalue weighted by Gasteiger charge is 2.32. The molecule has 180 valence electrons. The molecule has 0 radical (unpaired) electrons. The number of alkyl carbamates (subject to hydrolysis) is 1. The Balaban J connectivity index is 1.51. The Morgan fingerprint density at radius 3 is 2.58 bits per heavy atom. The number of carbonyl (C=O) groups is 1. The van der Waals surface area contributed by atoms with Crippen LogP contribution >= 0.6 is 0 Å². The number of aromatic nitrogens is 2. The van der Waals surface area contributed by atoms with Gasteiger partial charge in [0.1, 0.15) is 11.9 Å². The summed E-state index contributed by atoms with van der Waals surface area (Å²) in [5.41, 5.74) is 3.32. The number of benzene rings is 1. The minimum absolute atomic E-state index is 0.0464. The molecule has 1 aliphatic heterocycles. The molecule has 1 aliphatic carbocycles. The fraction of sp³-hybridized carbons (Fsp3) is 0.583. The van der Waals surface area contributed by atoms with Gasteiger partial charge in [-0.15, -0.1) is 0 Å². The van der Waals surface area contributed by atoms with Gasteiger partial charge in [-0.25, -0.2) is 17.9 Å². The van der Waals surface area contributed by atoms with Gasteiger partial charge in [0, 0.05) is 23.7 Å². The molecule has 1 aromatic heterocycles. The summed E-state index contributed by atoms with van der Waals surface area (Å²) in [7, 11) is -3.04. The Morgan fingerprint density at radius 1 is 1.15 bits per heavy atom. The zero-order valence-electron chi connectivity index (χ0n) is 20.0. The van der Waals surface area contributed by atoms with E-state index in [0.717, 1.165) is 47.6 Å². The van der Waals surface area contributed by atoms with E-state index in [-0.39, 0.29) is 41.2 Å². The van der Waals surface area contributed by atoms with Crippen molar-refractivity contribution in [2.45, 2.75) is 89.0 Å². The molecule has 1 fully saturated rings. The molecule has 1 aromatic carbocycles. The summed E-state index contributed by atoms with van der Waals surface area (Å²) >= 11 is 0. The Kier molecular flexibility index (Phi) is 6.20. The molecule has 1 saturated carbocycles. The van der Waals surface area contributed by atoms with E-state index in [1.54, 1.807) is 0 Å². The lowest BCUT2D eigenvalue weighted by atomic mass is 10.0. The second kappa shape index (κ2) is 8.66. The molecule has 1 amide bonds. The highest BCUT2D eigenvalue weighted by atomic mass is 32.2. The third-order valence-corrected chi connectivity index (χ3v) is 7.58. The molecule has 2 atom stereocenters. The standard InChI is InChI=1S/C24H34N4O4S/c1-15(2)25-23(29)32-20-9-7-16(11-20)21-12-22(28(27-21)24(3,4)5)26-19-8-6-17-13-33(30,31)14-18(17)10-19/h6,8,10,12,15-16,20,26H,7,9,11,13-14H2,1-5H3,(H,25,29)/t16-,20+/m1/s1. The van der Waals surface area contributed by atoms with E-state index in [0.29, 0.717) is 0 Å². The van der Waals surface area contributed by atoms with Gasteiger partial charge in [0.25, 0.3) is 0 Å². The fourth-order valence-electron chi connectivity index (χ4n) is 4.59. The molecule has 2 aromatic rings. The molecule has 2 N–H and O–H groups in total. The number of nitrogens with one attached hydrogen (secondary N) is 2. The van der Waals surface area contributed by atoms with Crippen LogP contribution in [0.15, 0.2) is 24.3 Å². The quantitative estimate of drug-likeness (QED) is 0.658. The molecule has 4 rings (SSSR count). The zero-order chi connectivity index (χ0) is 24.0. The molecular weight excluding hydrogens is 440 g/mol. The first-order valence-electron chi connectivity index (χ1n) is 11.6. The van der Waals surface area contributed by atoms with Gasteiger partial charge in [0.05, 0.1) is 22.7 Å². The summed E-state index contributed by atoms with van der Waals surface area (Å²) in [6, 6.07) is 7.85. The minimum Gasteiger partial charge on any atom is -0.446 e. The van der Waals surface area contributed by atoms with Gasteiger partial charge in [-0.3, -0.25) is 0 Å². The van der Waals surface area contributed by atoms with Crippen molar-refractivity contribution >= 4 is 27.4 Å². The van der Waals surface area contributed by atoms with Crippen molar-refractivity contribution in [2.24, 2.45) is 0 Å². The van der Waals surface area contributed by atoms with Crippen LogP contribution in [0.2, 0.25) is 0 Å². The summed E-state index contributed by atoms with van der Waals surface area (Å²) < 4.78 is 31.5. The van der Waals surface area contributed by atoms with Crippen LogP contribution in [0.3, 0.4) is 0 Å². The van der Waals surface area contributed by atoms with Crippen molar-refractivity contribution in [3.8, 4) is 0 Å². The van der Waals surface area contributed by atoms with Crippen LogP contribution in [0.1, 0.15) is 76.6 Å². The van der Waals surface area contributed by atoms with E-state index in [1.807, 2.05) is 36.7 Å². The third kappa shape index (κ3) is 5.51. The first-order chi connectivity index (χ1) is 15.4. The lowest BCUT2D eigenvalue weighted by Crippen LogP contribution is -2.33. The summed E-state index contributed by atoms with van der Waals surface area (Å²) in [5.74, 6) is 1.29. The molecule has 33 heavy (non-hydrogen) atoms. The summed E-state index contributed by atoms with van der Waals surface area (Å²) in [6.45, 7) is 10.1. The number of ether oxygens (including phenoxy) is 1. The number of hydrogen-bond acceptors (Lipinski definition) is 6. The maximum absolute atomic E-state index is 12.0. The third-order valence-electron chi connectivity index (χ3n) is 6.08. The van der Waals surface area contributed by atoms with Crippen LogP contribution in [0.25, 0.3) is 0 Å². The van der Waals surface area contributed by atoms with E-state index in [2.05, 4.69) is 37.5 Å².